The maximum atomic E-state index is 13.0. The Morgan fingerprint density at radius 1 is 0.861 bits per heavy atom. The van der Waals surface area contributed by atoms with Gasteiger partial charge in [0.25, 0.3) is 5.56 Å². The quantitative estimate of drug-likeness (QED) is 0.334. The van der Waals surface area contributed by atoms with Crippen LogP contribution >= 0.6 is 0 Å². The molecule has 0 unspecified atom stereocenters. The van der Waals surface area contributed by atoms with Gasteiger partial charge in [0.05, 0.1) is 13.1 Å². The zero-order chi connectivity index (χ0) is 24.9. The molecular formula is C29H30N6O. The van der Waals surface area contributed by atoms with Crippen LogP contribution in [0, 0.1) is 6.92 Å². The second kappa shape index (κ2) is 10.7. The molecular weight excluding hydrogens is 448 g/mol. The molecule has 0 amide bonds. The molecule has 2 heterocycles. The highest BCUT2D eigenvalue weighted by Gasteiger charge is 2.16. The molecule has 0 bridgehead atoms. The number of aromatic nitrogens is 5. The maximum absolute atomic E-state index is 13.0. The number of H-pyrrole nitrogens is 1. The summed E-state index contributed by atoms with van der Waals surface area (Å²) < 4.78 is 1.83. The highest BCUT2D eigenvalue weighted by Crippen LogP contribution is 2.17. The average molecular weight is 479 g/mol. The molecule has 182 valence electrons. The molecule has 0 atom stereocenters. The zero-order valence-electron chi connectivity index (χ0n) is 20.7. The first-order valence-corrected chi connectivity index (χ1v) is 12.3. The van der Waals surface area contributed by atoms with Crippen LogP contribution in [0.3, 0.4) is 0 Å². The van der Waals surface area contributed by atoms with Crippen molar-refractivity contribution in [3.05, 3.63) is 123 Å². The Balaban J connectivity index is 1.45. The minimum Gasteiger partial charge on any atom is -0.322 e. The summed E-state index contributed by atoms with van der Waals surface area (Å²) >= 11 is 0. The van der Waals surface area contributed by atoms with E-state index in [0.717, 1.165) is 34.3 Å². The summed E-state index contributed by atoms with van der Waals surface area (Å²) in [5.74, 6) is 0.761. The zero-order valence-corrected chi connectivity index (χ0v) is 20.7. The molecule has 0 aliphatic rings. The molecule has 0 saturated carbocycles. The van der Waals surface area contributed by atoms with Crippen molar-refractivity contribution in [3.63, 3.8) is 0 Å². The van der Waals surface area contributed by atoms with E-state index in [1.165, 1.54) is 16.7 Å². The van der Waals surface area contributed by atoms with Gasteiger partial charge in [-0.1, -0.05) is 73.2 Å². The van der Waals surface area contributed by atoms with E-state index >= 15 is 0 Å². The van der Waals surface area contributed by atoms with Crippen LogP contribution in [0.25, 0.3) is 10.9 Å². The van der Waals surface area contributed by atoms with Gasteiger partial charge in [-0.25, -0.2) is 4.68 Å². The number of benzene rings is 3. The minimum absolute atomic E-state index is 0.0652. The third-order valence-electron chi connectivity index (χ3n) is 6.46. The Kier molecular flexibility index (Phi) is 7.00. The van der Waals surface area contributed by atoms with Gasteiger partial charge in [0, 0.05) is 24.2 Å². The third kappa shape index (κ3) is 5.58. The number of tetrazole rings is 1. The SMILES string of the molecule is CCc1ccc2[nH]c(=O)c(CN(Cc3ccc(C)cc3)Cc3nnnn3Cc3ccccc3)cc2c1. The topological polar surface area (TPSA) is 79.7 Å². The van der Waals surface area contributed by atoms with Crippen molar-refractivity contribution >= 4 is 10.9 Å². The lowest BCUT2D eigenvalue weighted by Gasteiger charge is -2.22. The highest BCUT2D eigenvalue weighted by atomic mass is 16.1. The number of aryl methyl sites for hydroxylation is 2. The van der Waals surface area contributed by atoms with E-state index in [1.807, 2.05) is 35.0 Å². The number of pyridine rings is 1. The molecule has 0 aliphatic heterocycles. The fourth-order valence-corrected chi connectivity index (χ4v) is 4.41. The highest BCUT2D eigenvalue weighted by molar-refractivity contribution is 5.79. The fourth-order valence-electron chi connectivity index (χ4n) is 4.41. The molecule has 3 aromatic carbocycles. The van der Waals surface area contributed by atoms with Crippen molar-refractivity contribution in [1.82, 2.24) is 30.1 Å². The second-order valence-electron chi connectivity index (χ2n) is 9.27. The molecule has 0 aliphatic carbocycles. The Hall–Kier alpha value is -4.10. The fraction of sp³-hybridized carbons (Fsp3) is 0.241. The number of hydrogen-bond acceptors (Lipinski definition) is 5. The van der Waals surface area contributed by atoms with Gasteiger partial charge in [-0.05, 0) is 64.0 Å². The van der Waals surface area contributed by atoms with Gasteiger partial charge in [0.2, 0.25) is 0 Å². The summed E-state index contributed by atoms with van der Waals surface area (Å²) in [5, 5.41) is 13.5. The first-order valence-electron chi connectivity index (χ1n) is 12.3. The molecule has 7 heteroatoms. The lowest BCUT2D eigenvalue weighted by molar-refractivity contribution is 0.236. The van der Waals surface area contributed by atoms with Crippen molar-refractivity contribution in [2.45, 2.75) is 46.4 Å². The summed E-state index contributed by atoms with van der Waals surface area (Å²) in [6.45, 7) is 6.48. The number of rotatable bonds is 9. The first kappa shape index (κ1) is 23.6. The predicted octanol–water partition coefficient (Wildman–Crippen LogP) is 4.64. The number of nitrogens with one attached hydrogen (secondary N) is 1. The monoisotopic (exact) mass is 478 g/mol. The number of aromatic amines is 1. The summed E-state index contributed by atoms with van der Waals surface area (Å²) in [5.41, 5.74) is 6.29. The van der Waals surface area contributed by atoms with E-state index in [4.69, 9.17) is 0 Å². The Labute approximate surface area is 210 Å². The molecule has 5 aromatic rings. The molecule has 0 radical (unpaired) electrons. The van der Waals surface area contributed by atoms with Crippen molar-refractivity contribution in [3.8, 4) is 0 Å². The standard InChI is InChI=1S/C29H30N6O/c1-3-22-13-14-27-25(15-22)16-26(29(36)30-27)19-34(17-24-11-9-21(2)10-12-24)20-28-31-32-33-35(28)18-23-7-5-4-6-8-23/h4-16H,3,17-20H2,1-2H3,(H,30,36). The first-order chi connectivity index (χ1) is 17.6. The Morgan fingerprint density at radius 3 is 2.42 bits per heavy atom. The van der Waals surface area contributed by atoms with Gasteiger partial charge in [-0.2, -0.15) is 0 Å². The molecule has 0 saturated heterocycles. The number of nitrogens with zero attached hydrogens (tertiary/aromatic N) is 5. The van der Waals surface area contributed by atoms with Gasteiger partial charge in [-0.15, -0.1) is 5.10 Å². The predicted molar refractivity (Wildman–Crippen MR) is 141 cm³/mol. The van der Waals surface area contributed by atoms with E-state index in [0.29, 0.717) is 26.2 Å². The van der Waals surface area contributed by atoms with Crippen LogP contribution in [0.1, 0.15) is 40.6 Å². The van der Waals surface area contributed by atoms with Crippen molar-refractivity contribution in [2.75, 3.05) is 0 Å². The molecule has 36 heavy (non-hydrogen) atoms. The van der Waals surface area contributed by atoms with Crippen LogP contribution in [0.4, 0.5) is 0 Å². The molecule has 0 fully saturated rings. The van der Waals surface area contributed by atoms with Gasteiger partial charge < -0.3 is 4.98 Å². The maximum Gasteiger partial charge on any atom is 0.252 e. The van der Waals surface area contributed by atoms with E-state index in [-0.39, 0.29) is 5.56 Å². The second-order valence-corrected chi connectivity index (χ2v) is 9.27. The van der Waals surface area contributed by atoms with Crippen LogP contribution in [0.2, 0.25) is 0 Å². The number of fused-ring (bicyclic) bond motifs is 1. The summed E-state index contributed by atoms with van der Waals surface area (Å²) in [6, 6.07) is 26.9. The van der Waals surface area contributed by atoms with E-state index in [9.17, 15) is 4.79 Å². The summed E-state index contributed by atoms with van der Waals surface area (Å²) in [7, 11) is 0. The van der Waals surface area contributed by atoms with Crippen LogP contribution in [0.15, 0.2) is 83.7 Å². The average Bonchev–Trinajstić information content (AvgIpc) is 3.32. The summed E-state index contributed by atoms with van der Waals surface area (Å²) in [4.78, 5) is 18.3. The van der Waals surface area contributed by atoms with Crippen LogP contribution in [0.5, 0.6) is 0 Å². The molecule has 1 N–H and O–H groups in total. The van der Waals surface area contributed by atoms with E-state index in [1.54, 1.807) is 0 Å². The molecule has 7 nitrogen and oxygen atoms in total. The lowest BCUT2D eigenvalue weighted by Crippen LogP contribution is -2.28. The Bertz CT molecular complexity index is 1500. The van der Waals surface area contributed by atoms with Crippen LogP contribution in [-0.2, 0) is 32.6 Å². The van der Waals surface area contributed by atoms with Gasteiger partial charge in [0.15, 0.2) is 5.82 Å². The lowest BCUT2D eigenvalue weighted by atomic mass is 10.1. The molecule has 0 spiro atoms. The van der Waals surface area contributed by atoms with Crippen molar-refractivity contribution < 1.29 is 0 Å². The van der Waals surface area contributed by atoms with Crippen LogP contribution in [-0.4, -0.2) is 30.1 Å². The summed E-state index contributed by atoms with van der Waals surface area (Å²) in [6.07, 6.45) is 0.952. The third-order valence-corrected chi connectivity index (χ3v) is 6.46. The van der Waals surface area contributed by atoms with Gasteiger partial charge in [0.1, 0.15) is 0 Å². The largest absolute Gasteiger partial charge is 0.322 e. The molecule has 5 rings (SSSR count). The van der Waals surface area contributed by atoms with Gasteiger partial charge >= 0.3 is 0 Å². The Morgan fingerprint density at radius 2 is 1.64 bits per heavy atom. The molecule has 2 aromatic heterocycles. The number of hydrogen-bond donors (Lipinski definition) is 1. The van der Waals surface area contributed by atoms with E-state index in [2.05, 4.69) is 87.8 Å². The van der Waals surface area contributed by atoms with Gasteiger partial charge in [-0.3, -0.25) is 9.69 Å². The van der Waals surface area contributed by atoms with Crippen LogP contribution < -0.4 is 5.56 Å². The van der Waals surface area contributed by atoms with Crippen molar-refractivity contribution in [2.24, 2.45) is 0 Å². The van der Waals surface area contributed by atoms with Crippen molar-refractivity contribution in [1.29, 1.82) is 0 Å². The minimum atomic E-state index is -0.0652. The normalized spacial score (nSPS) is 11.4. The van der Waals surface area contributed by atoms with E-state index < -0.39 is 0 Å². The smallest absolute Gasteiger partial charge is 0.252 e.